The number of hydrogen-bond donors (Lipinski definition) is 0. The van der Waals surface area contributed by atoms with E-state index in [-0.39, 0.29) is 6.61 Å². The highest BCUT2D eigenvalue weighted by Crippen LogP contribution is 2.40. The molecule has 1 aliphatic rings. The van der Waals surface area contributed by atoms with Gasteiger partial charge in [0.2, 0.25) is 0 Å². The quantitative estimate of drug-likeness (QED) is 0.272. The zero-order valence-electron chi connectivity index (χ0n) is 27.0. The number of halogens is 1. The highest BCUT2D eigenvalue weighted by molar-refractivity contribution is 6.30. The van der Waals surface area contributed by atoms with Gasteiger partial charge < -0.3 is 23.7 Å². The van der Waals surface area contributed by atoms with Gasteiger partial charge in [-0.25, -0.2) is 0 Å². The van der Waals surface area contributed by atoms with Crippen LogP contribution in [0.15, 0.2) is 24.3 Å². The van der Waals surface area contributed by atoms with Gasteiger partial charge in [0.15, 0.2) is 18.3 Å². The maximum atomic E-state index is 13.3. The third kappa shape index (κ3) is 9.43. The molecule has 0 amide bonds. The lowest BCUT2D eigenvalue weighted by atomic mass is 9.88. The Hall–Kier alpha value is -2.65. The van der Waals surface area contributed by atoms with E-state index in [1.165, 1.54) is 0 Å². The number of benzene rings is 1. The van der Waals surface area contributed by atoms with E-state index in [1.54, 1.807) is 107 Å². The predicted molar refractivity (Wildman–Crippen MR) is 157 cm³/mol. The molecule has 1 aliphatic heterocycles. The van der Waals surface area contributed by atoms with E-state index in [4.69, 9.17) is 35.3 Å². The van der Waals surface area contributed by atoms with Gasteiger partial charge in [-0.1, -0.05) is 23.7 Å². The number of hydrogen-bond acceptors (Lipinski definition) is 9. The number of carbonyl (C=O) groups excluding carboxylic acids is 4. The lowest BCUT2D eigenvalue weighted by molar-refractivity contribution is -0.262. The Morgan fingerprint density at radius 1 is 0.619 bits per heavy atom. The zero-order chi connectivity index (χ0) is 32.4. The van der Waals surface area contributed by atoms with Gasteiger partial charge >= 0.3 is 23.9 Å². The molecule has 0 aromatic heterocycles. The van der Waals surface area contributed by atoms with E-state index in [0.29, 0.717) is 10.6 Å². The molecule has 9 nitrogen and oxygen atoms in total. The first-order valence-corrected chi connectivity index (χ1v) is 14.5. The van der Waals surface area contributed by atoms with Gasteiger partial charge in [0.1, 0.15) is 18.8 Å². The Morgan fingerprint density at radius 3 is 1.40 bits per heavy atom. The molecule has 2 rings (SSSR count). The van der Waals surface area contributed by atoms with Crippen LogP contribution in [0.1, 0.15) is 94.8 Å². The van der Waals surface area contributed by atoms with Crippen molar-refractivity contribution in [3.05, 3.63) is 34.9 Å². The number of esters is 4. The topological polar surface area (TPSA) is 114 Å². The standard InChI is InChI=1S/C32H47ClO9/c1-29(2,3)25(34)38-17-20-22(40-26(35)30(4,5)6)24(42-28(37)32(10,11)12)23(41-27(36)31(7,8)9)21(39-20)18-13-15-19(33)16-14-18/h13-16,20-24H,17H2,1-12H3/t20-,21+,22-,23+,24+/m1/s1. The molecule has 1 heterocycles. The van der Waals surface area contributed by atoms with Crippen LogP contribution in [0.2, 0.25) is 5.02 Å². The van der Waals surface area contributed by atoms with E-state index < -0.39 is 76.1 Å². The van der Waals surface area contributed by atoms with Crippen molar-refractivity contribution < 1.29 is 42.9 Å². The molecule has 1 aromatic carbocycles. The van der Waals surface area contributed by atoms with Gasteiger partial charge in [0, 0.05) is 5.02 Å². The molecular weight excluding hydrogens is 564 g/mol. The molecule has 236 valence electrons. The highest BCUT2D eigenvalue weighted by atomic mass is 35.5. The predicted octanol–water partition coefficient (Wildman–Crippen LogP) is 6.24. The Morgan fingerprint density at radius 2 is 1.00 bits per heavy atom. The van der Waals surface area contributed by atoms with E-state index in [0.717, 1.165) is 0 Å². The Labute approximate surface area is 254 Å². The third-order valence-corrected chi connectivity index (χ3v) is 6.64. The van der Waals surface area contributed by atoms with Crippen molar-refractivity contribution >= 4 is 35.5 Å². The molecule has 0 bridgehead atoms. The minimum atomic E-state index is -1.30. The summed E-state index contributed by atoms with van der Waals surface area (Å²) in [6.07, 6.45) is -5.88. The largest absolute Gasteiger partial charge is 0.462 e. The summed E-state index contributed by atoms with van der Waals surface area (Å²) in [4.78, 5) is 52.6. The van der Waals surface area contributed by atoms with E-state index >= 15 is 0 Å². The van der Waals surface area contributed by atoms with Crippen molar-refractivity contribution in [1.29, 1.82) is 0 Å². The summed E-state index contributed by atoms with van der Waals surface area (Å²) < 4.78 is 30.1. The van der Waals surface area contributed by atoms with E-state index in [2.05, 4.69) is 0 Å². The van der Waals surface area contributed by atoms with Crippen molar-refractivity contribution in [2.75, 3.05) is 6.61 Å². The summed E-state index contributed by atoms with van der Waals surface area (Å²) in [5.41, 5.74) is -3.05. The summed E-state index contributed by atoms with van der Waals surface area (Å²) >= 11 is 6.15. The molecule has 5 atom stereocenters. The van der Waals surface area contributed by atoms with Crippen LogP contribution in [0, 0.1) is 21.7 Å². The molecule has 0 aliphatic carbocycles. The molecule has 10 heteroatoms. The maximum Gasteiger partial charge on any atom is 0.311 e. The first-order chi connectivity index (χ1) is 18.9. The Balaban J connectivity index is 2.74. The molecule has 1 aromatic rings. The lowest BCUT2D eigenvalue weighted by Gasteiger charge is -2.46. The minimum absolute atomic E-state index is 0.314. The van der Waals surface area contributed by atoms with Crippen LogP contribution in [0.25, 0.3) is 0 Å². The van der Waals surface area contributed by atoms with Gasteiger partial charge in [0.05, 0.1) is 21.7 Å². The van der Waals surface area contributed by atoms with Crippen molar-refractivity contribution in [3.8, 4) is 0 Å². The van der Waals surface area contributed by atoms with Crippen LogP contribution < -0.4 is 0 Å². The third-order valence-electron chi connectivity index (χ3n) is 6.39. The summed E-state index contributed by atoms with van der Waals surface area (Å²) in [5.74, 6) is -2.29. The fourth-order valence-electron chi connectivity index (χ4n) is 3.65. The normalized spacial score (nSPS) is 23.5. The second-order valence-corrected chi connectivity index (χ2v) is 15.3. The number of rotatable bonds is 6. The highest BCUT2D eigenvalue weighted by Gasteiger charge is 2.54. The fourth-order valence-corrected chi connectivity index (χ4v) is 3.78. The summed E-state index contributed by atoms with van der Waals surface area (Å²) in [7, 11) is 0. The monoisotopic (exact) mass is 610 g/mol. The SMILES string of the molecule is CC(C)(C)C(=O)OC[C@H]1O[C@@H](c2ccc(Cl)cc2)[C@H](OC(=O)C(C)(C)C)[C@@H](OC(=O)C(C)(C)C)[C@@H]1OC(=O)C(C)(C)C. The van der Waals surface area contributed by atoms with Crippen molar-refractivity contribution in [3.63, 3.8) is 0 Å². The van der Waals surface area contributed by atoms with Gasteiger partial charge in [-0.15, -0.1) is 0 Å². The van der Waals surface area contributed by atoms with Crippen molar-refractivity contribution in [1.82, 2.24) is 0 Å². The second-order valence-electron chi connectivity index (χ2n) is 14.9. The number of ether oxygens (including phenoxy) is 5. The molecule has 0 spiro atoms. The van der Waals surface area contributed by atoms with Crippen LogP contribution in [0.5, 0.6) is 0 Å². The number of carbonyl (C=O) groups is 4. The second kappa shape index (κ2) is 12.9. The first kappa shape index (κ1) is 35.5. The zero-order valence-corrected chi connectivity index (χ0v) is 27.7. The summed E-state index contributed by atoms with van der Waals surface area (Å²) in [6.45, 7) is 20.0. The van der Waals surface area contributed by atoms with Gasteiger partial charge in [-0.3, -0.25) is 19.2 Å². The molecule has 0 saturated carbocycles. The van der Waals surface area contributed by atoms with Crippen molar-refractivity contribution in [2.24, 2.45) is 21.7 Å². The lowest BCUT2D eigenvalue weighted by Crippen LogP contribution is -2.61. The minimum Gasteiger partial charge on any atom is -0.462 e. The van der Waals surface area contributed by atoms with Gasteiger partial charge in [-0.05, 0) is 101 Å². The van der Waals surface area contributed by atoms with E-state index in [9.17, 15) is 19.2 Å². The van der Waals surface area contributed by atoms with E-state index in [1.807, 2.05) is 0 Å². The summed E-state index contributed by atoms with van der Waals surface area (Å²) in [5, 5.41) is 0.473. The smallest absolute Gasteiger partial charge is 0.311 e. The average Bonchev–Trinajstić information content (AvgIpc) is 2.82. The molecule has 1 fully saturated rings. The van der Waals surface area contributed by atoms with Crippen LogP contribution in [0.3, 0.4) is 0 Å². The van der Waals surface area contributed by atoms with Crippen LogP contribution >= 0.6 is 11.6 Å². The summed E-state index contributed by atoms with van der Waals surface area (Å²) in [6, 6.07) is 6.71. The first-order valence-electron chi connectivity index (χ1n) is 14.1. The fraction of sp³-hybridized carbons (Fsp3) is 0.688. The maximum absolute atomic E-state index is 13.3. The molecular formula is C32H47ClO9. The van der Waals surface area contributed by atoms with Crippen LogP contribution in [0.4, 0.5) is 0 Å². The molecule has 42 heavy (non-hydrogen) atoms. The Bertz CT molecular complexity index is 1130. The Kier molecular flexibility index (Phi) is 10.9. The van der Waals surface area contributed by atoms with Gasteiger partial charge in [-0.2, -0.15) is 0 Å². The molecule has 0 unspecified atom stereocenters. The van der Waals surface area contributed by atoms with Gasteiger partial charge in [0.25, 0.3) is 0 Å². The van der Waals surface area contributed by atoms with Crippen LogP contribution in [-0.2, 0) is 42.9 Å². The molecule has 1 saturated heterocycles. The van der Waals surface area contributed by atoms with Crippen LogP contribution in [-0.4, -0.2) is 54.9 Å². The molecule has 0 N–H and O–H groups in total. The van der Waals surface area contributed by atoms with Crippen molar-refractivity contribution in [2.45, 2.75) is 114 Å². The molecule has 0 radical (unpaired) electrons. The average molecular weight is 611 g/mol.